The van der Waals surface area contributed by atoms with Gasteiger partial charge in [0.2, 0.25) is 0 Å². The van der Waals surface area contributed by atoms with E-state index >= 15 is 0 Å². The maximum Gasteiger partial charge on any atom is 0.0765 e. The summed E-state index contributed by atoms with van der Waals surface area (Å²) in [4.78, 5) is 2.19. The van der Waals surface area contributed by atoms with Crippen molar-refractivity contribution in [3.05, 3.63) is 28.2 Å². The summed E-state index contributed by atoms with van der Waals surface area (Å²) in [5.41, 5.74) is 1.71. The summed E-state index contributed by atoms with van der Waals surface area (Å²) < 4.78 is 1.08. The molecular weight excluding hydrogens is 316 g/mol. The average molecular weight is 343 g/mol. The third kappa shape index (κ3) is 5.81. The minimum atomic E-state index is -0.698. The first-order chi connectivity index (χ1) is 9.37. The summed E-state index contributed by atoms with van der Waals surface area (Å²) in [6, 6.07) is 6.43. The lowest BCUT2D eigenvalue weighted by atomic mass is 10.1. The van der Waals surface area contributed by atoms with Crippen molar-refractivity contribution in [2.45, 2.75) is 46.3 Å². The zero-order valence-electron chi connectivity index (χ0n) is 13.0. The van der Waals surface area contributed by atoms with Crippen molar-refractivity contribution >= 4 is 21.6 Å². The van der Waals surface area contributed by atoms with Gasteiger partial charge in [-0.25, -0.2) is 0 Å². The molecule has 0 aliphatic rings. The topological polar surface area (TPSA) is 35.5 Å². The van der Waals surface area contributed by atoms with E-state index in [1.165, 1.54) is 5.56 Å². The largest absolute Gasteiger partial charge is 0.389 e. The first-order valence-corrected chi connectivity index (χ1v) is 8.13. The highest BCUT2D eigenvalue weighted by Crippen LogP contribution is 2.28. The van der Waals surface area contributed by atoms with Crippen LogP contribution in [0.25, 0.3) is 0 Å². The molecule has 0 fully saturated rings. The number of nitrogens with one attached hydrogen (secondary N) is 1. The van der Waals surface area contributed by atoms with E-state index in [1.807, 2.05) is 13.8 Å². The van der Waals surface area contributed by atoms with E-state index in [1.54, 1.807) is 0 Å². The summed E-state index contributed by atoms with van der Waals surface area (Å²) >= 11 is 3.65. The molecule has 1 aromatic carbocycles. The van der Waals surface area contributed by atoms with Crippen molar-refractivity contribution in [3.63, 3.8) is 0 Å². The molecule has 2 N–H and O–H groups in total. The van der Waals surface area contributed by atoms with Gasteiger partial charge >= 0.3 is 0 Å². The van der Waals surface area contributed by atoms with Crippen LogP contribution < -0.4 is 10.2 Å². The Balaban J connectivity index is 2.79. The second-order valence-electron chi connectivity index (χ2n) is 5.79. The minimum absolute atomic E-state index is 0.621. The lowest BCUT2D eigenvalue weighted by Gasteiger charge is -2.30. The Morgan fingerprint density at radius 1 is 1.30 bits per heavy atom. The first-order valence-electron chi connectivity index (χ1n) is 7.34. The molecular formula is C16H27BrN2O. The molecule has 0 bridgehead atoms. The second-order valence-corrected chi connectivity index (χ2v) is 6.64. The molecule has 0 atom stereocenters. The van der Waals surface area contributed by atoms with Gasteiger partial charge in [-0.2, -0.15) is 0 Å². The third-order valence-electron chi connectivity index (χ3n) is 3.07. The molecule has 3 nitrogen and oxygen atoms in total. The monoisotopic (exact) mass is 342 g/mol. The summed E-state index contributed by atoms with van der Waals surface area (Å²) in [5, 5.41) is 13.4. The van der Waals surface area contributed by atoms with Gasteiger partial charge in [0, 0.05) is 24.1 Å². The standard InChI is InChI=1S/C16H27BrN2O/c1-5-9-18-11-13-7-8-15(14(17)10-13)19(6-2)12-16(3,4)20/h7-8,10,18,20H,5-6,9,11-12H2,1-4H3. The Morgan fingerprint density at radius 2 is 2.00 bits per heavy atom. The summed E-state index contributed by atoms with van der Waals surface area (Å²) in [6.07, 6.45) is 1.15. The number of likely N-dealkylation sites (N-methyl/N-ethyl adjacent to an activating group) is 1. The maximum atomic E-state index is 10.0. The number of aliphatic hydroxyl groups is 1. The molecule has 0 heterocycles. The number of anilines is 1. The fourth-order valence-corrected chi connectivity index (χ4v) is 2.84. The fraction of sp³-hybridized carbons (Fsp3) is 0.625. The minimum Gasteiger partial charge on any atom is -0.389 e. The van der Waals surface area contributed by atoms with Gasteiger partial charge < -0.3 is 15.3 Å². The molecule has 0 aliphatic heterocycles. The zero-order chi connectivity index (χ0) is 15.2. The van der Waals surface area contributed by atoms with Gasteiger partial charge in [0.25, 0.3) is 0 Å². The molecule has 0 unspecified atom stereocenters. The van der Waals surface area contributed by atoms with E-state index in [0.29, 0.717) is 6.54 Å². The molecule has 1 aromatic rings. The van der Waals surface area contributed by atoms with Crippen LogP contribution in [0.2, 0.25) is 0 Å². The molecule has 1 rings (SSSR count). The number of rotatable bonds is 8. The van der Waals surface area contributed by atoms with E-state index in [9.17, 15) is 5.11 Å². The number of hydrogen-bond acceptors (Lipinski definition) is 3. The van der Waals surface area contributed by atoms with Crippen molar-refractivity contribution in [3.8, 4) is 0 Å². The molecule has 0 amide bonds. The van der Waals surface area contributed by atoms with Crippen LogP contribution in [-0.4, -0.2) is 30.3 Å². The predicted molar refractivity (Wildman–Crippen MR) is 90.3 cm³/mol. The molecule has 0 spiro atoms. The van der Waals surface area contributed by atoms with Crippen LogP contribution in [-0.2, 0) is 6.54 Å². The molecule has 0 aliphatic carbocycles. The van der Waals surface area contributed by atoms with Gasteiger partial charge in [0.1, 0.15) is 0 Å². The van der Waals surface area contributed by atoms with Crippen LogP contribution in [0.5, 0.6) is 0 Å². The van der Waals surface area contributed by atoms with E-state index in [2.05, 4.69) is 58.2 Å². The Morgan fingerprint density at radius 3 is 2.50 bits per heavy atom. The van der Waals surface area contributed by atoms with Gasteiger partial charge in [-0.3, -0.25) is 0 Å². The highest BCUT2D eigenvalue weighted by Gasteiger charge is 2.19. The molecule has 0 aromatic heterocycles. The van der Waals surface area contributed by atoms with Crippen molar-refractivity contribution < 1.29 is 5.11 Å². The highest BCUT2D eigenvalue weighted by molar-refractivity contribution is 9.10. The van der Waals surface area contributed by atoms with Crippen LogP contribution in [0.3, 0.4) is 0 Å². The van der Waals surface area contributed by atoms with Crippen molar-refractivity contribution in [1.82, 2.24) is 5.32 Å². The highest BCUT2D eigenvalue weighted by atomic mass is 79.9. The van der Waals surface area contributed by atoms with Gasteiger partial charge in [-0.15, -0.1) is 0 Å². The maximum absolute atomic E-state index is 10.0. The Kier molecular flexibility index (Phi) is 7.00. The van der Waals surface area contributed by atoms with Crippen LogP contribution in [0.1, 0.15) is 39.7 Å². The zero-order valence-corrected chi connectivity index (χ0v) is 14.6. The van der Waals surface area contributed by atoms with Crippen molar-refractivity contribution in [2.75, 3.05) is 24.5 Å². The van der Waals surface area contributed by atoms with Gasteiger partial charge in [-0.05, 0) is 67.4 Å². The number of halogens is 1. The third-order valence-corrected chi connectivity index (χ3v) is 3.70. The van der Waals surface area contributed by atoms with E-state index in [4.69, 9.17) is 0 Å². The lowest BCUT2D eigenvalue weighted by molar-refractivity contribution is 0.0875. The lowest BCUT2D eigenvalue weighted by Crippen LogP contribution is -2.38. The second kappa shape index (κ2) is 8.01. The summed E-state index contributed by atoms with van der Waals surface area (Å²) in [7, 11) is 0. The van der Waals surface area contributed by atoms with Crippen LogP contribution in [0.4, 0.5) is 5.69 Å². The molecule has 0 saturated heterocycles. The molecule has 0 saturated carbocycles. The number of hydrogen-bond donors (Lipinski definition) is 2. The van der Waals surface area contributed by atoms with Crippen molar-refractivity contribution in [2.24, 2.45) is 0 Å². The van der Waals surface area contributed by atoms with Gasteiger partial charge in [0.15, 0.2) is 0 Å². The SMILES string of the molecule is CCCNCc1ccc(N(CC)CC(C)(C)O)c(Br)c1. The molecule has 20 heavy (non-hydrogen) atoms. The fourth-order valence-electron chi connectivity index (χ4n) is 2.16. The van der Waals surface area contributed by atoms with Crippen molar-refractivity contribution in [1.29, 1.82) is 0 Å². The van der Waals surface area contributed by atoms with E-state index in [-0.39, 0.29) is 0 Å². The average Bonchev–Trinajstić information content (AvgIpc) is 2.36. The predicted octanol–water partition coefficient (Wildman–Crippen LogP) is 3.55. The van der Waals surface area contributed by atoms with Crippen LogP contribution in [0, 0.1) is 0 Å². The smallest absolute Gasteiger partial charge is 0.0765 e. The Labute approximate surface area is 131 Å². The Hall–Kier alpha value is -0.580. The first kappa shape index (κ1) is 17.5. The summed E-state index contributed by atoms with van der Waals surface area (Å²) in [6.45, 7) is 11.4. The van der Waals surface area contributed by atoms with E-state index in [0.717, 1.165) is 36.2 Å². The normalized spacial score (nSPS) is 11.7. The summed E-state index contributed by atoms with van der Waals surface area (Å²) in [5.74, 6) is 0. The Bertz CT molecular complexity index is 415. The molecule has 0 radical (unpaired) electrons. The quantitative estimate of drug-likeness (QED) is 0.709. The number of nitrogens with zero attached hydrogens (tertiary/aromatic N) is 1. The van der Waals surface area contributed by atoms with E-state index < -0.39 is 5.60 Å². The van der Waals surface area contributed by atoms with Gasteiger partial charge in [-0.1, -0.05) is 13.0 Å². The number of benzene rings is 1. The van der Waals surface area contributed by atoms with Crippen LogP contribution >= 0.6 is 15.9 Å². The molecule has 114 valence electrons. The molecule has 4 heteroatoms. The van der Waals surface area contributed by atoms with Crippen LogP contribution in [0.15, 0.2) is 22.7 Å². The van der Waals surface area contributed by atoms with Gasteiger partial charge in [0.05, 0.1) is 11.3 Å².